The molecule has 7 aromatic carbocycles. The standard InChI is InChI=1S/C87H102ClN11O25/c1-40(2)26-54(91-7)78(110)98-70-72(106)47-21-25-59(53(88)28-47)120-61-30-48-29-60(75(61)124-87(34-58(104)73(107)62(39-100)122-87)123-65-36-86(6,90)77(109)42(4)118-65)119-50-22-18-45(19-23-50)74(121-64-35-85(5,89)76(108)41(3)117-64)71-84(116)97-69(80(112)93-38-44-16-12-9-13-17-44)52-31-49(101)32-57(103)66(52)51-27-46(20-24-56(51)102)67(81(113)99-71)96-82(114)68(48)95-79(111)55(94-83(70)115)33-63(105)92-37-43-14-10-8-11-15-43/h8-25,27-32,40-42,54-55,58,62,64-65,67-74,76-77,91,100-104,106-109H,26,33-39,89-90H2,1-7H3,(H,92,105)(H,93,112)(H,94,115)(H,95,111)(H,96,114)(H,97,116)(H,98,110)(H,99,113)/t41-,42-,54-,55+,58-,62-,64-,65-,67-,68-,69+,70-,71+,72-,73+,74-,76-,77-,85?,86?,87+/m1/s1. The number of fused-ring (bicyclic) bond motifs is 15. The Bertz CT molecular complexity index is 5110. The number of phenols is 3. The summed E-state index contributed by atoms with van der Waals surface area (Å²) in [5.74, 6) is -16.7. The van der Waals surface area contributed by atoms with Crippen LogP contribution >= 0.6 is 11.6 Å². The summed E-state index contributed by atoms with van der Waals surface area (Å²) < 4.78 is 53.3. The molecule has 8 aliphatic rings. The average Bonchev–Trinajstić information content (AvgIpc) is 0.763. The van der Waals surface area contributed by atoms with Crippen LogP contribution in [0, 0.1) is 5.92 Å². The van der Waals surface area contributed by atoms with E-state index in [0.29, 0.717) is 11.1 Å². The van der Waals surface area contributed by atoms with Crippen LogP contribution in [0.1, 0.15) is 143 Å². The molecule has 3 saturated heterocycles. The molecule has 0 aromatic heterocycles. The van der Waals surface area contributed by atoms with Gasteiger partial charge in [0.1, 0.15) is 89.4 Å². The smallest absolute Gasteiger partial charge is 0.332 e. The number of carbonyl (C=O) groups excluding carboxylic acids is 8. The third-order valence-corrected chi connectivity index (χ3v) is 23.0. The van der Waals surface area contributed by atoms with Crippen molar-refractivity contribution >= 4 is 58.9 Å². The summed E-state index contributed by atoms with van der Waals surface area (Å²) in [5.41, 5.74) is 9.68. The molecule has 124 heavy (non-hydrogen) atoms. The van der Waals surface area contributed by atoms with Crippen LogP contribution in [-0.2, 0) is 75.1 Å². The number of aromatic hydroxyl groups is 3. The molecule has 22 N–H and O–H groups in total. The molecule has 8 amide bonds. The summed E-state index contributed by atoms with van der Waals surface area (Å²) in [6, 6.07) is 19.8. The van der Waals surface area contributed by atoms with Crippen LogP contribution in [0.25, 0.3) is 11.1 Å². The zero-order valence-electron chi connectivity index (χ0n) is 68.6. The Hall–Kier alpha value is -11.2. The van der Waals surface area contributed by atoms with E-state index in [4.69, 9.17) is 61.0 Å². The molecule has 37 heteroatoms. The maximum Gasteiger partial charge on any atom is 0.332 e. The highest BCUT2D eigenvalue weighted by Gasteiger charge is 2.55. The summed E-state index contributed by atoms with van der Waals surface area (Å²) >= 11 is 7.27. The molecule has 662 valence electrons. The van der Waals surface area contributed by atoms with Crippen molar-refractivity contribution in [1.82, 2.24) is 47.9 Å². The highest BCUT2D eigenvalue weighted by atomic mass is 35.5. The van der Waals surface area contributed by atoms with E-state index in [0.717, 1.165) is 36.4 Å². The fraction of sp³-hybridized carbons (Fsp3) is 0.425. The van der Waals surface area contributed by atoms with Crippen LogP contribution in [0.15, 0.2) is 146 Å². The van der Waals surface area contributed by atoms with Crippen molar-refractivity contribution in [3.63, 3.8) is 0 Å². The fourth-order valence-electron chi connectivity index (χ4n) is 16.0. The van der Waals surface area contributed by atoms with Gasteiger partial charge in [0.05, 0.1) is 61.0 Å². The van der Waals surface area contributed by atoms with Gasteiger partial charge in [-0.25, -0.2) is 0 Å². The van der Waals surface area contributed by atoms with E-state index in [1.807, 2.05) is 13.8 Å². The van der Waals surface area contributed by atoms with E-state index < -0.39 is 239 Å². The second-order valence-electron chi connectivity index (χ2n) is 32.9. The number of nitrogens with one attached hydrogen (secondary N) is 9. The molecule has 0 radical (unpaired) electrons. The molecule has 21 atom stereocenters. The third-order valence-electron chi connectivity index (χ3n) is 22.7. The molecular formula is C87H102ClN11O25. The van der Waals surface area contributed by atoms with Gasteiger partial charge >= 0.3 is 5.97 Å². The lowest BCUT2D eigenvalue weighted by molar-refractivity contribution is -0.442. The van der Waals surface area contributed by atoms with E-state index in [1.54, 1.807) is 60.7 Å². The maximum atomic E-state index is 16.8. The molecule has 0 saturated carbocycles. The van der Waals surface area contributed by atoms with Gasteiger partial charge in [0.25, 0.3) is 0 Å². The van der Waals surface area contributed by atoms with Crippen LogP contribution < -0.4 is 73.5 Å². The Labute approximate surface area is 716 Å². The number of hydrogen-bond donors (Lipinski definition) is 20. The fourth-order valence-corrected chi connectivity index (χ4v) is 16.2. The number of aliphatic hydroxyl groups is 6. The Balaban J connectivity index is 1.07. The van der Waals surface area contributed by atoms with E-state index in [2.05, 4.69) is 47.9 Å². The van der Waals surface area contributed by atoms with Crippen LogP contribution in [0.2, 0.25) is 5.02 Å². The zero-order valence-corrected chi connectivity index (χ0v) is 69.3. The van der Waals surface area contributed by atoms with E-state index in [1.165, 1.54) is 83.3 Å². The van der Waals surface area contributed by atoms with Crippen molar-refractivity contribution in [2.75, 3.05) is 13.7 Å². The van der Waals surface area contributed by atoms with Crippen LogP contribution in [0.3, 0.4) is 0 Å². The lowest BCUT2D eigenvalue weighted by atomic mass is 9.86. The quantitative estimate of drug-likeness (QED) is 0.0517. The van der Waals surface area contributed by atoms with E-state index in [-0.39, 0.29) is 82.6 Å². The Morgan fingerprint density at radius 3 is 1.85 bits per heavy atom. The molecule has 0 aliphatic carbocycles. The van der Waals surface area contributed by atoms with E-state index in [9.17, 15) is 55.5 Å². The van der Waals surface area contributed by atoms with Gasteiger partial charge in [-0.05, 0) is 141 Å². The van der Waals surface area contributed by atoms with Crippen LogP contribution in [0.5, 0.6) is 46.0 Å². The third kappa shape index (κ3) is 20.3. The molecule has 0 spiro atoms. The summed E-state index contributed by atoms with van der Waals surface area (Å²) in [7, 11) is 1.50. The van der Waals surface area contributed by atoms with Crippen molar-refractivity contribution in [3.8, 4) is 57.1 Å². The SMILES string of the molecule is CN[C@H](CC(C)C)C(=O)N[C@H]1C(=O)N[C@@H](CC(=O)NCc2ccccc2)C(=O)N[C@H]2C(=O)N[C@H]3C(=O)N[C@H](C(=O)N[C@H](C(=O)NCc4ccccc4)c4cc(O)cc(O)c4-c4cc3ccc4O)[C@H](O[C@@H]3CC(C)(N)[C@H](O)[C@@H](C)O3)c3ccc(cc3)Oc3cc2cc(c3O[C@@]2(O[C@@H]3CC(C)(N)[C@H](O)[C@@H](C)O3)C[C@@H](O)[C@H](O)[C@@H](CO)O2)Oc2ccc(cc2Cl)[C@H]1O. The molecule has 2 unspecified atom stereocenters. The number of carbonyl (C=O) groups is 8. The Morgan fingerprint density at radius 2 is 1.23 bits per heavy atom. The van der Waals surface area contributed by atoms with Crippen molar-refractivity contribution in [3.05, 3.63) is 190 Å². The summed E-state index contributed by atoms with van der Waals surface area (Å²) in [4.78, 5) is 126. The molecule has 36 nitrogen and oxygen atoms in total. The van der Waals surface area contributed by atoms with Gasteiger partial charge < -0.3 is 138 Å². The van der Waals surface area contributed by atoms with Crippen LogP contribution in [-0.4, -0.2) is 203 Å². The molecule has 3 fully saturated rings. The zero-order chi connectivity index (χ0) is 89.1. The predicted octanol–water partition coefficient (Wildman–Crippen LogP) is 3.10. The number of ether oxygens (including phenoxy) is 8. The molecular weight excluding hydrogens is 1630 g/mol. The second kappa shape index (κ2) is 37.7. The van der Waals surface area contributed by atoms with Crippen LogP contribution in [0.4, 0.5) is 0 Å². The summed E-state index contributed by atoms with van der Waals surface area (Å²) in [5, 5.41) is 130. The van der Waals surface area contributed by atoms with Gasteiger partial charge in [-0.1, -0.05) is 110 Å². The lowest BCUT2D eigenvalue weighted by Gasteiger charge is -2.48. The first-order valence-corrected chi connectivity index (χ1v) is 40.8. The van der Waals surface area contributed by atoms with Gasteiger partial charge in [-0.2, -0.15) is 0 Å². The van der Waals surface area contributed by atoms with Gasteiger partial charge in [-0.3, -0.25) is 43.1 Å². The Morgan fingerprint density at radius 1 is 0.629 bits per heavy atom. The normalized spacial score (nSPS) is 29.8. The summed E-state index contributed by atoms with van der Waals surface area (Å²) in [6.45, 7) is 8.40. The number of rotatable bonds is 19. The van der Waals surface area contributed by atoms with Crippen molar-refractivity contribution < 1.29 is 122 Å². The monoisotopic (exact) mass is 1740 g/mol. The van der Waals surface area contributed by atoms with E-state index >= 15 is 28.8 Å². The number of amides is 8. The Kier molecular flexibility index (Phi) is 27.5. The number of hydrogen-bond acceptors (Lipinski definition) is 28. The number of aliphatic hydroxyl groups excluding tert-OH is 6. The molecule has 11 bridgehead atoms. The molecule has 15 rings (SSSR count). The highest BCUT2D eigenvalue weighted by molar-refractivity contribution is 6.32. The minimum atomic E-state index is -2.82. The molecule has 7 aromatic rings. The average molecular weight is 1740 g/mol. The summed E-state index contributed by atoms with van der Waals surface area (Å²) in [6.07, 6.45) is -19.5. The lowest BCUT2D eigenvalue weighted by Crippen LogP contribution is -2.64. The van der Waals surface area contributed by atoms with Gasteiger partial charge in [0.2, 0.25) is 53.0 Å². The van der Waals surface area contributed by atoms with Gasteiger partial charge in [0.15, 0.2) is 24.1 Å². The number of benzene rings is 7. The van der Waals surface area contributed by atoms with Gasteiger partial charge in [-0.15, -0.1) is 0 Å². The van der Waals surface area contributed by atoms with Crippen molar-refractivity contribution in [2.24, 2.45) is 17.4 Å². The van der Waals surface area contributed by atoms with Crippen molar-refractivity contribution in [1.29, 1.82) is 0 Å². The number of likely N-dealkylation sites (N-methyl/N-ethyl adjacent to an activating group) is 1. The minimum Gasteiger partial charge on any atom is -0.508 e. The number of halogens is 1. The first-order chi connectivity index (χ1) is 58.9. The second-order valence-corrected chi connectivity index (χ2v) is 33.3. The highest BCUT2D eigenvalue weighted by Crippen LogP contribution is 2.51. The minimum absolute atomic E-state index is 0.00332. The predicted molar refractivity (Wildman–Crippen MR) is 440 cm³/mol. The number of phenolic OH excluding ortho intramolecular Hbond substituents is 3. The largest absolute Gasteiger partial charge is 0.508 e. The number of nitrogens with two attached hydrogens (primary N) is 2. The molecule has 8 heterocycles. The first kappa shape index (κ1) is 90.6. The van der Waals surface area contributed by atoms with Gasteiger partial charge in [0, 0.05) is 54.2 Å². The topological polar surface area (TPSA) is 553 Å². The first-order valence-electron chi connectivity index (χ1n) is 40.4. The van der Waals surface area contributed by atoms with Crippen molar-refractivity contribution in [2.45, 2.75) is 214 Å². The molecule has 8 aliphatic heterocycles. The maximum absolute atomic E-state index is 16.8.